The van der Waals surface area contributed by atoms with Crippen molar-refractivity contribution in [2.24, 2.45) is 0 Å². The summed E-state index contributed by atoms with van der Waals surface area (Å²) in [6, 6.07) is 18.3. The van der Waals surface area contributed by atoms with Crippen LogP contribution in [-0.2, 0) is 19.7 Å². The number of nitrogens with zero attached hydrogens (tertiary/aromatic N) is 1. The number of para-hydroxylation sites is 1. The molecule has 1 heterocycles. The van der Waals surface area contributed by atoms with Crippen LogP contribution in [0.5, 0.6) is 0 Å². The van der Waals surface area contributed by atoms with E-state index in [4.69, 9.17) is 5.11 Å². The first-order valence-corrected chi connectivity index (χ1v) is 7.09. The van der Waals surface area contributed by atoms with Crippen LogP contribution in [0.1, 0.15) is 16.7 Å². The van der Waals surface area contributed by atoms with Crippen LogP contribution in [0.15, 0.2) is 60.8 Å². The Bertz CT molecular complexity index is 717. The second kappa shape index (κ2) is 6.48. The maximum Gasteiger partial charge on any atom is 0.0705 e. The largest absolute Gasteiger partial charge is 0.392 e. The molecule has 0 fully saturated rings. The van der Waals surface area contributed by atoms with E-state index in [1.165, 1.54) is 16.5 Å². The van der Waals surface area contributed by atoms with Crippen LogP contribution in [-0.4, -0.2) is 10.1 Å². The first kappa shape index (κ1) is 13.7. The van der Waals surface area contributed by atoms with E-state index < -0.39 is 0 Å². The minimum Gasteiger partial charge on any atom is -0.392 e. The van der Waals surface area contributed by atoms with Crippen molar-refractivity contribution < 1.29 is 5.11 Å². The Morgan fingerprint density at radius 3 is 2.43 bits per heavy atom. The van der Waals surface area contributed by atoms with Gasteiger partial charge in [-0.15, -0.1) is 0 Å². The van der Waals surface area contributed by atoms with Gasteiger partial charge in [0.15, 0.2) is 0 Å². The van der Waals surface area contributed by atoms with E-state index >= 15 is 0 Å². The Labute approximate surface area is 124 Å². The lowest BCUT2D eigenvalue weighted by atomic mass is 10.1. The zero-order valence-electron chi connectivity index (χ0n) is 11.8. The molecule has 0 aliphatic heterocycles. The van der Waals surface area contributed by atoms with Gasteiger partial charge in [0, 0.05) is 24.7 Å². The standard InChI is InChI=1S/C18H18N2O/c21-13-15-7-5-14(6-8-15)11-19-12-16-9-10-20-18-4-2-1-3-17(16)18/h1-10,19,21H,11-13H2. The normalized spacial score (nSPS) is 10.9. The number of aliphatic hydroxyl groups excluding tert-OH is 1. The molecule has 2 N–H and O–H groups in total. The molecule has 3 rings (SSSR count). The molecule has 21 heavy (non-hydrogen) atoms. The Morgan fingerprint density at radius 2 is 1.62 bits per heavy atom. The molecule has 0 radical (unpaired) electrons. The molecule has 0 aliphatic carbocycles. The number of aromatic nitrogens is 1. The van der Waals surface area contributed by atoms with Crippen molar-refractivity contribution in [3.05, 3.63) is 77.5 Å². The molecule has 0 bridgehead atoms. The number of rotatable bonds is 5. The summed E-state index contributed by atoms with van der Waals surface area (Å²) in [5.41, 5.74) is 4.45. The Balaban J connectivity index is 1.66. The van der Waals surface area contributed by atoms with Crippen LogP contribution in [0.4, 0.5) is 0 Å². The summed E-state index contributed by atoms with van der Waals surface area (Å²) in [5, 5.41) is 13.7. The molecule has 1 aromatic heterocycles. The van der Waals surface area contributed by atoms with E-state index in [1.54, 1.807) is 0 Å². The SMILES string of the molecule is OCc1ccc(CNCc2ccnc3ccccc23)cc1. The molecule has 106 valence electrons. The number of benzene rings is 2. The monoisotopic (exact) mass is 278 g/mol. The lowest BCUT2D eigenvalue weighted by Gasteiger charge is -2.08. The van der Waals surface area contributed by atoms with Gasteiger partial charge < -0.3 is 10.4 Å². The number of fused-ring (bicyclic) bond motifs is 1. The van der Waals surface area contributed by atoms with Gasteiger partial charge in [-0.1, -0.05) is 42.5 Å². The molecule has 0 saturated heterocycles. The van der Waals surface area contributed by atoms with E-state index in [-0.39, 0.29) is 6.61 Å². The summed E-state index contributed by atoms with van der Waals surface area (Å²) >= 11 is 0. The summed E-state index contributed by atoms with van der Waals surface area (Å²) in [5.74, 6) is 0. The second-order valence-electron chi connectivity index (χ2n) is 5.07. The summed E-state index contributed by atoms with van der Waals surface area (Å²) in [7, 11) is 0. The van der Waals surface area contributed by atoms with E-state index in [2.05, 4.69) is 22.4 Å². The zero-order chi connectivity index (χ0) is 14.5. The van der Waals surface area contributed by atoms with E-state index in [9.17, 15) is 0 Å². The first-order valence-electron chi connectivity index (χ1n) is 7.09. The predicted octanol–water partition coefficient (Wildman–Crippen LogP) is 3.02. The van der Waals surface area contributed by atoms with Crippen molar-refractivity contribution in [2.45, 2.75) is 19.7 Å². The molecular weight excluding hydrogens is 260 g/mol. The quantitative estimate of drug-likeness (QED) is 0.754. The van der Waals surface area contributed by atoms with Crippen LogP contribution in [0, 0.1) is 0 Å². The smallest absolute Gasteiger partial charge is 0.0705 e. The third kappa shape index (κ3) is 3.27. The molecule has 0 aliphatic rings. The minimum absolute atomic E-state index is 0.0940. The van der Waals surface area contributed by atoms with Gasteiger partial charge >= 0.3 is 0 Å². The molecular formula is C18H18N2O. The van der Waals surface area contributed by atoms with Crippen LogP contribution in [0.3, 0.4) is 0 Å². The van der Waals surface area contributed by atoms with Gasteiger partial charge in [0.25, 0.3) is 0 Å². The van der Waals surface area contributed by atoms with Gasteiger partial charge in [-0.3, -0.25) is 4.98 Å². The van der Waals surface area contributed by atoms with Crippen molar-refractivity contribution in [3.63, 3.8) is 0 Å². The van der Waals surface area contributed by atoms with Crippen molar-refractivity contribution >= 4 is 10.9 Å². The van der Waals surface area contributed by atoms with Gasteiger partial charge in [0.2, 0.25) is 0 Å². The summed E-state index contributed by atoms with van der Waals surface area (Å²) < 4.78 is 0. The average molecular weight is 278 g/mol. The molecule has 3 heteroatoms. The van der Waals surface area contributed by atoms with Crippen molar-refractivity contribution in [1.82, 2.24) is 10.3 Å². The van der Waals surface area contributed by atoms with Gasteiger partial charge in [-0.25, -0.2) is 0 Å². The van der Waals surface area contributed by atoms with Gasteiger partial charge in [-0.2, -0.15) is 0 Å². The first-order chi connectivity index (χ1) is 10.4. The minimum atomic E-state index is 0.0940. The average Bonchev–Trinajstić information content (AvgIpc) is 2.56. The Kier molecular flexibility index (Phi) is 4.24. The Hall–Kier alpha value is -2.23. The lowest BCUT2D eigenvalue weighted by Crippen LogP contribution is -2.13. The van der Waals surface area contributed by atoms with E-state index in [1.807, 2.05) is 48.7 Å². The van der Waals surface area contributed by atoms with Crippen LogP contribution in [0.25, 0.3) is 10.9 Å². The topological polar surface area (TPSA) is 45.1 Å². The molecule has 3 nitrogen and oxygen atoms in total. The van der Waals surface area contributed by atoms with E-state index in [0.29, 0.717) is 0 Å². The maximum atomic E-state index is 9.03. The van der Waals surface area contributed by atoms with Crippen LogP contribution < -0.4 is 5.32 Å². The third-order valence-corrected chi connectivity index (χ3v) is 3.59. The highest BCUT2D eigenvalue weighted by atomic mass is 16.3. The zero-order valence-corrected chi connectivity index (χ0v) is 11.8. The molecule has 3 aromatic rings. The van der Waals surface area contributed by atoms with Gasteiger partial charge in [-0.05, 0) is 28.8 Å². The highest BCUT2D eigenvalue weighted by Crippen LogP contribution is 2.16. The van der Waals surface area contributed by atoms with Crippen LogP contribution in [0.2, 0.25) is 0 Å². The van der Waals surface area contributed by atoms with Crippen molar-refractivity contribution in [1.29, 1.82) is 0 Å². The summed E-state index contributed by atoms with van der Waals surface area (Å²) in [6.07, 6.45) is 1.86. The van der Waals surface area contributed by atoms with Gasteiger partial charge in [0.05, 0.1) is 12.1 Å². The number of aliphatic hydroxyl groups is 1. The molecule has 2 aromatic carbocycles. The summed E-state index contributed by atoms with van der Waals surface area (Å²) in [6.45, 7) is 1.71. The molecule has 0 amide bonds. The van der Waals surface area contributed by atoms with Gasteiger partial charge in [0.1, 0.15) is 0 Å². The fraction of sp³-hybridized carbons (Fsp3) is 0.167. The predicted molar refractivity (Wildman–Crippen MR) is 84.7 cm³/mol. The fourth-order valence-electron chi connectivity index (χ4n) is 2.41. The number of nitrogens with one attached hydrogen (secondary N) is 1. The Morgan fingerprint density at radius 1 is 0.857 bits per heavy atom. The number of hydrogen-bond acceptors (Lipinski definition) is 3. The van der Waals surface area contributed by atoms with E-state index in [0.717, 1.165) is 24.2 Å². The number of hydrogen-bond donors (Lipinski definition) is 2. The maximum absolute atomic E-state index is 9.03. The highest BCUT2D eigenvalue weighted by molar-refractivity contribution is 5.81. The lowest BCUT2D eigenvalue weighted by molar-refractivity contribution is 0.282. The molecule has 0 saturated carbocycles. The second-order valence-corrected chi connectivity index (χ2v) is 5.07. The number of pyridine rings is 1. The molecule has 0 unspecified atom stereocenters. The molecule has 0 spiro atoms. The fourth-order valence-corrected chi connectivity index (χ4v) is 2.41. The van der Waals surface area contributed by atoms with Crippen LogP contribution >= 0.6 is 0 Å². The highest BCUT2D eigenvalue weighted by Gasteiger charge is 2.01. The molecule has 0 atom stereocenters. The summed E-state index contributed by atoms with van der Waals surface area (Å²) in [4.78, 5) is 4.38. The van der Waals surface area contributed by atoms with Crippen molar-refractivity contribution in [3.8, 4) is 0 Å². The third-order valence-electron chi connectivity index (χ3n) is 3.59. The van der Waals surface area contributed by atoms with Crippen molar-refractivity contribution in [2.75, 3.05) is 0 Å².